The molecule has 1 unspecified atom stereocenters. The van der Waals surface area contributed by atoms with Crippen LogP contribution in [-0.2, 0) is 4.87 Å². The van der Waals surface area contributed by atoms with E-state index < -0.39 is 0 Å². The maximum atomic E-state index is 12.2. The Balaban J connectivity index is 2.08. The molecule has 2 aliphatic heterocycles. The summed E-state index contributed by atoms with van der Waals surface area (Å²) >= 11 is 7.50. The van der Waals surface area contributed by atoms with Crippen molar-refractivity contribution in [3.8, 4) is 0 Å². The van der Waals surface area contributed by atoms with Crippen LogP contribution in [0.1, 0.15) is 42.1 Å². The van der Waals surface area contributed by atoms with Crippen molar-refractivity contribution in [2.45, 2.75) is 31.1 Å². The monoisotopic (exact) mass is 281 g/mol. The minimum atomic E-state index is -0.104. The summed E-state index contributed by atoms with van der Waals surface area (Å²) in [6, 6.07) is 5.77. The zero-order valence-electron chi connectivity index (χ0n) is 10.4. The number of carbonyl (C=O) groups is 1. The van der Waals surface area contributed by atoms with Crippen molar-refractivity contribution in [2.24, 2.45) is 0 Å². The fourth-order valence-corrected chi connectivity index (χ4v) is 4.72. The highest BCUT2D eigenvalue weighted by Crippen LogP contribution is 2.55. The number of hydrogen-bond donors (Lipinski definition) is 0. The van der Waals surface area contributed by atoms with Gasteiger partial charge in [0, 0.05) is 10.6 Å². The van der Waals surface area contributed by atoms with Gasteiger partial charge in [-0.25, -0.2) is 0 Å². The molecule has 2 nitrogen and oxygen atoms in total. The molecule has 18 heavy (non-hydrogen) atoms. The van der Waals surface area contributed by atoms with E-state index in [1.807, 2.05) is 18.2 Å². The van der Waals surface area contributed by atoms with Crippen LogP contribution in [0.2, 0.25) is 5.02 Å². The number of hydrogen-bond acceptors (Lipinski definition) is 3. The van der Waals surface area contributed by atoms with E-state index in [-0.39, 0.29) is 9.99 Å². The SMILES string of the molecule is CCCN1CCCC12SC(=O)c1cc(Cl)ccc12. The van der Waals surface area contributed by atoms with Crippen LogP contribution >= 0.6 is 23.4 Å². The number of halogens is 1. The maximum Gasteiger partial charge on any atom is 0.221 e. The number of fused-ring (bicyclic) bond motifs is 2. The van der Waals surface area contributed by atoms with E-state index in [4.69, 9.17) is 11.6 Å². The van der Waals surface area contributed by atoms with Gasteiger partial charge in [0.1, 0.15) is 4.87 Å². The topological polar surface area (TPSA) is 20.3 Å². The highest BCUT2D eigenvalue weighted by molar-refractivity contribution is 8.15. The Kier molecular flexibility index (Phi) is 3.16. The van der Waals surface area contributed by atoms with Gasteiger partial charge in [-0.1, -0.05) is 36.4 Å². The fourth-order valence-electron chi connectivity index (χ4n) is 3.12. The van der Waals surface area contributed by atoms with Gasteiger partial charge in [0.25, 0.3) is 0 Å². The van der Waals surface area contributed by atoms with Crippen molar-refractivity contribution >= 4 is 28.5 Å². The molecule has 3 rings (SSSR count). The number of benzene rings is 1. The molecule has 0 radical (unpaired) electrons. The van der Waals surface area contributed by atoms with Gasteiger partial charge in [0.15, 0.2) is 0 Å². The molecular weight excluding hydrogens is 266 g/mol. The van der Waals surface area contributed by atoms with Crippen molar-refractivity contribution in [3.05, 3.63) is 34.3 Å². The maximum absolute atomic E-state index is 12.2. The van der Waals surface area contributed by atoms with E-state index in [2.05, 4.69) is 11.8 Å². The number of likely N-dealkylation sites (tertiary alicyclic amines) is 1. The summed E-state index contributed by atoms with van der Waals surface area (Å²) < 4.78 is 0. The Morgan fingerprint density at radius 1 is 1.50 bits per heavy atom. The quantitative estimate of drug-likeness (QED) is 0.820. The van der Waals surface area contributed by atoms with Crippen LogP contribution in [0.5, 0.6) is 0 Å². The third kappa shape index (κ3) is 1.72. The molecule has 4 heteroatoms. The molecule has 1 aromatic rings. The molecule has 1 atom stereocenters. The van der Waals surface area contributed by atoms with Gasteiger partial charge < -0.3 is 0 Å². The van der Waals surface area contributed by atoms with Gasteiger partial charge >= 0.3 is 0 Å². The second-order valence-electron chi connectivity index (χ2n) is 4.95. The Morgan fingerprint density at radius 2 is 2.33 bits per heavy atom. The van der Waals surface area contributed by atoms with Gasteiger partial charge in [0.2, 0.25) is 5.12 Å². The number of nitrogens with zero attached hydrogens (tertiary/aromatic N) is 1. The lowest BCUT2D eigenvalue weighted by Crippen LogP contribution is -2.37. The summed E-state index contributed by atoms with van der Waals surface area (Å²) in [7, 11) is 0. The van der Waals surface area contributed by atoms with Gasteiger partial charge in [-0.15, -0.1) is 0 Å². The minimum absolute atomic E-state index is 0.104. The lowest BCUT2D eigenvalue weighted by molar-refractivity contribution is 0.109. The van der Waals surface area contributed by atoms with Crippen molar-refractivity contribution < 1.29 is 4.79 Å². The number of thioether (sulfide) groups is 1. The van der Waals surface area contributed by atoms with Crippen LogP contribution in [0.4, 0.5) is 0 Å². The smallest absolute Gasteiger partial charge is 0.221 e. The molecule has 0 aliphatic carbocycles. The van der Waals surface area contributed by atoms with Crippen LogP contribution in [-0.4, -0.2) is 23.1 Å². The minimum Gasteiger partial charge on any atom is -0.285 e. The van der Waals surface area contributed by atoms with Crippen molar-refractivity contribution in [2.75, 3.05) is 13.1 Å². The largest absolute Gasteiger partial charge is 0.285 e. The summed E-state index contributed by atoms with van der Waals surface area (Å²) in [5.74, 6) is 0. The molecule has 0 amide bonds. The zero-order chi connectivity index (χ0) is 12.8. The second-order valence-corrected chi connectivity index (χ2v) is 6.64. The van der Waals surface area contributed by atoms with Crippen molar-refractivity contribution in [1.29, 1.82) is 0 Å². The Morgan fingerprint density at radius 3 is 3.11 bits per heavy atom. The van der Waals surface area contributed by atoms with Gasteiger partial charge in [-0.2, -0.15) is 0 Å². The van der Waals surface area contributed by atoms with E-state index in [9.17, 15) is 4.79 Å². The first-order valence-corrected chi connectivity index (χ1v) is 7.65. The van der Waals surface area contributed by atoms with Crippen molar-refractivity contribution in [3.63, 3.8) is 0 Å². The van der Waals surface area contributed by atoms with Crippen LogP contribution in [0.25, 0.3) is 0 Å². The Bertz CT molecular complexity index is 505. The van der Waals surface area contributed by atoms with E-state index in [0.29, 0.717) is 5.02 Å². The molecule has 0 saturated carbocycles. The summed E-state index contributed by atoms with van der Waals surface area (Å²) in [5, 5.41) is 0.829. The highest BCUT2D eigenvalue weighted by Gasteiger charge is 2.50. The van der Waals surface area contributed by atoms with Gasteiger partial charge in [-0.05, 0) is 50.0 Å². The number of carbonyl (C=O) groups excluding carboxylic acids is 1. The zero-order valence-corrected chi connectivity index (χ0v) is 12.0. The summed E-state index contributed by atoms with van der Waals surface area (Å²) in [5.41, 5.74) is 1.99. The first-order valence-electron chi connectivity index (χ1n) is 6.46. The average Bonchev–Trinajstić information content (AvgIpc) is 2.85. The van der Waals surface area contributed by atoms with Crippen LogP contribution in [0.15, 0.2) is 18.2 Å². The molecular formula is C14H16ClNOS. The molecule has 0 aromatic heterocycles. The first-order chi connectivity index (χ1) is 8.67. The normalized spacial score (nSPS) is 27.1. The predicted octanol–water partition coefficient (Wildman–Crippen LogP) is 3.89. The molecule has 1 saturated heterocycles. The summed E-state index contributed by atoms with van der Waals surface area (Å²) in [6.45, 7) is 4.34. The Labute approximate surface area is 117 Å². The van der Waals surface area contributed by atoms with E-state index >= 15 is 0 Å². The highest BCUT2D eigenvalue weighted by atomic mass is 35.5. The third-order valence-corrected chi connectivity index (χ3v) is 5.49. The van der Waals surface area contributed by atoms with Gasteiger partial charge in [0.05, 0.1) is 0 Å². The molecule has 1 spiro atoms. The molecule has 1 aromatic carbocycles. The lowest BCUT2D eigenvalue weighted by Gasteiger charge is -2.34. The van der Waals surface area contributed by atoms with E-state index in [1.54, 1.807) is 0 Å². The molecule has 1 fully saturated rings. The van der Waals surface area contributed by atoms with Crippen molar-refractivity contribution in [1.82, 2.24) is 4.90 Å². The molecule has 0 N–H and O–H groups in total. The molecule has 96 valence electrons. The summed E-state index contributed by atoms with van der Waals surface area (Å²) in [4.78, 5) is 14.6. The fraction of sp³-hybridized carbons (Fsp3) is 0.500. The lowest BCUT2D eigenvalue weighted by atomic mass is 9.98. The third-order valence-electron chi connectivity index (χ3n) is 3.83. The van der Waals surface area contributed by atoms with Crippen LogP contribution < -0.4 is 0 Å². The summed E-state index contributed by atoms with van der Waals surface area (Å²) in [6.07, 6.45) is 3.36. The number of rotatable bonds is 2. The first kappa shape index (κ1) is 12.5. The molecule has 2 heterocycles. The molecule has 0 bridgehead atoms. The second kappa shape index (κ2) is 4.55. The van der Waals surface area contributed by atoms with Crippen LogP contribution in [0, 0.1) is 0 Å². The predicted molar refractivity (Wildman–Crippen MR) is 76.1 cm³/mol. The Hall–Kier alpha value is -0.510. The van der Waals surface area contributed by atoms with E-state index in [0.717, 1.165) is 31.5 Å². The average molecular weight is 282 g/mol. The molecule has 2 aliphatic rings. The standard InChI is InChI=1S/C14H16ClNOS/c1-2-7-16-8-3-6-14(16)12-5-4-10(15)9-11(12)13(17)18-14/h4-5,9H,2-3,6-8H2,1H3. The van der Waals surface area contributed by atoms with E-state index in [1.165, 1.54) is 23.7 Å². The van der Waals surface area contributed by atoms with Gasteiger partial charge in [-0.3, -0.25) is 9.69 Å². The van der Waals surface area contributed by atoms with Crippen LogP contribution in [0.3, 0.4) is 0 Å².